The van der Waals surface area contributed by atoms with Gasteiger partial charge in [-0.1, -0.05) is 20.3 Å². The Bertz CT molecular complexity index is 597. The summed E-state index contributed by atoms with van der Waals surface area (Å²) in [6.45, 7) is 3.92. The second-order valence-electron chi connectivity index (χ2n) is 6.38. The smallest absolute Gasteiger partial charge is 0.328 e. The van der Waals surface area contributed by atoms with Crippen LogP contribution in [0.1, 0.15) is 33.6 Å². The number of aliphatic hydroxyl groups is 1. The number of carboxylic acid groups (broad SMARTS) is 2. The van der Waals surface area contributed by atoms with Gasteiger partial charge in [0.15, 0.2) is 0 Å². The summed E-state index contributed by atoms with van der Waals surface area (Å²) in [6.07, 6.45) is -0.148. The fraction of sp³-hybridized carbons (Fsp3) is 0.688. The van der Waals surface area contributed by atoms with Crippen LogP contribution < -0.4 is 21.7 Å². The van der Waals surface area contributed by atoms with Gasteiger partial charge in [-0.05, 0) is 12.8 Å². The second-order valence-corrected chi connectivity index (χ2v) is 6.38. The summed E-state index contributed by atoms with van der Waals surface area (Å²) in [7, 11) is 0. The molecule has 12 heteroatoms. The molecule has 0 bridgehead atoms. The van der Waals surface area contributed by atoms with Crippen molar-refractivity contribution >= 4 is 29.7 Å². The molecule has 0 radical (unpaired) electrons. The van der Waals surface area contributed by atoms with Crippen molar-refractivity contribution in [2.75, 3.05) is 6.61 Å². The van der Waals surface area contributed by atoms with Crippen molar-refractivity contribution in [2.45, 2.75) is 57.8 Å². The van der Waals surface area contributed by atoms with E-state index in [0.717, 1.165) is 0 Å². The maximum absolute atomic E-state index is 12.3. The van der Waals surface area contributed by atoms with Crippen LogP contribution >= 0.6 is 0 Å². The average Bonchev–Trinajstić information content (AvgIpc) is 2.62. The van der Waals surface area contributed by atoms with Crippen LogP contribution in [-0.4, -0.2) is 75.8 Å². The van der Waals surface area contributed by atoms with Crippen molar-refractivity contribution < 1.29 is 39.3 Å². The predicted octanol–water partition coefficient (Wildman–Crippen LogP) is -2.61. The van der Waals surface area contributed by atoms with Gasteiger partial charge in [0.25, 0.3) is 0 Å². The van der Waals surface area contributed by atoms with Crippen molar-refractivity contribution in [3.63, 3.8) is 0 Å². The first-order valence-corrected chi connectivity index (χ1v) is 8.66. The van der Waals surface area contributed by atoms with Crippen LogP contribution in [0.5, 0.6) is 0 Å². The summed E-state index contributed by atoms with van der Waals surface area (Å²) in [5.41, 5.74) is 5.76. The van der Waals surface area contributed by atoms with Gasteiger partial charge >= 0.3 is 11.9 Å². The van der Waals surface area contributed by atoms with Crippen LogP contribution in [-0.2, 0) is 24.0 Å². The molecule has 5 unspecified atom stereocenters. The highest BCUT2D eigenvalue weighted by atomic mass is 16.4. The first-order valence-electron chi connectivity index (χ1n) is 8.66. The van der Waals surface area contributed by atoms with Gasteiger partial charge in [0.1, 0.15) is 18.1 Å². The van der Waals surface area contributed by atoms with E-state index in [1.807, 2.05) is 12.2 Å². The van der Waals surface area contributed by atoms with E-state index in [1.54, 1.807) is 6.92 Å². The minimum absolute atomic E-state index is 0.204. The van der Waals surface area contributed by atoms with Crippen LogP contribution in [0.3, 0.4) is 0 Å². The first kappa shape index (κ1) is 25.3. The van der Waals surface area contributed by atoms with Gasteiger partial charge in [0, 0.05) is 0 Å². The average molecular weight is 404 g/mol. The van der Waals surface area contributed by atoms with Crippen LogP contribution in [0.2, 0.25) is 0 Å². The largest absolute Gasteiger partial charge is 0.481 e. The molecule has 0 aliphatic heterocycles. The highest BCUT2D eigenvalue weighted by molar-refractivity contribution is 5.95. The zero-order valence-electron chi connectivity index (χ0n) is 16.0. The molecule has 0 aromatic carbocycles. The molecule has 0 heterocycles. The van der Waals surface area contributed by atoms with Gasteiger partial charge in [0.2, 0.25) is 17.7 Å². The van der Waals surface area contributed by atoms with Gasteiger partial charge in [-0.3, -0.25) is 19.2 Å². The Hall–Kier alpha value is -2.73. The summed E-state index contributed by atoms with van der Waals surface area (Å²) in [4.78, 5) is 58.2. The predicted molar refractivity (Wildman–Crippen MR) is 95.9 cm³/mol. The van der Waals surface area contributed by atoms with Crippen molar-refractivity contribution in [1.82, 2.24) is 16.0 Å². The second kappa shape index (κ2) is 11.9. The van der Waals surface area contributed by atoms with Crippen LogP contribution in [0.15, 0.2) is 0 Å². The molecule has 8 N–H and O–H groups in total. The molecular formula is C16H28N4O8. The molecule has 0 aliphatic carbocycles. The minimum Gasteiger partial charge on any atom is -0.481 e. The zero-order chi connectivity index (χ0) is 22.0. The first-order chi connectivity index (χ1) is 12.9. The Balaban J connectivity index is 5.06. The third kappa shape index (κ3) is 8.31. The summed E-state index contributed by atoms with van der Waals surface area (Å²) < 4.78 is 0. The van der Waals surface area contributed by atoms with E-state index in [2.05, 4.69) is 10.6 Å². The molecule has 0 saturated carbocycles. The number of nitrogens with one attached hydrogen (secondary N) is 3. The van der Waals surface area contributed by atoms with E-state index in [-0.39, 0.29) is 5.92 Å². The van der Waals surface area contributed by atoms with E-state index in [1.165, 1.54) is 6.92 Å². The van der Waals surface area contributed by atoms with Crippen molar-refractivity contribution in [2.24, 2.45) is 11.7 Å². The summed E-state index contributed by atoms with van der Waals surface area (Å²) >= 11 is 0. The number of carbonyl (C=O) groups is 5. The lowest BCUT2D eigenvalue weighted by Crippen LogP contribution is -2.57. The van der Waals surface area contributed by atoms with E-state index >= 15 is 0 Å². The fourth-order valence-corrected chi connectivity index (χ4v) is 2.03. The maximum Gasteiger partial charge on any atom is 0.328 e. The Morgan fingerprint density at radius 2 is 1.43 bits per heavy atom. The standard InChI is InChI=1S/C16H28N4O8/c1-4-7(2)12(17)15(26)19-9(5-11(22)23)14(25)18-8(3)13(24)20-10(6-21)16(27)28/h7-10,12,21H,4-6,17H2,1-3H3,(H,18,25)(H,19,26)(H,20,24)(H,22,23)(H,27,28). The quantitative estimate of drug-likeness (QED) is 0.181. The Kier molecular flexibility index (Phi) is 10.7. The number of hydrogen-bond donors (Lipinski definition) is 7. The lowest BCUT2D eigenvalue weighted by Gasteiger charge is -2.24. The SMILES string of the molecule is CCC(C)C(N)C(=O)NC(CC(=O)O)C(=O)NC(C)C(=O)NC(CO)C(=O)O. The molecule has 3 amide bonds. The number of aliphatic hydroxyl groups excluding tert-OH is 1. The molecule has 0 rings (SSSR count). The Labute approximate surface area is 161 Å². The normalized spacial score (nSPS) is 16.0. The van der Waals surface area contributed by atoms with Crippen molar-refractivity contribution in [3.05, 3.63) is 0 Å². The Morgan fingerprint density at radius 1 is 0.893 bits per heavy atom. The lowest BCUT2D eigenvalue weighted by atomic mass is 9.99. The highest BCUT2D eigenvalue weighted by Crippen LogP contribution is 2.06. The molecule has 0 spiro atoms. The molecule has 160 valence electrons. The zero-order valence-corrected chi connectivity index (χ0v) is 16.0. The van der Waals surface area contributed by atoms with Crippen LogP contribution in [0, 0.1) is 5.92 Å². The van der Waals surface area contributed by atoms with Gasteiger partial charge in [-0.15, -0.1) is 0 Å². The molecule has 0 aliphatic rings. The maximum atomic E-state index is 12.3. The number of nitrogens with two attached hydrogens (primary N) is 1. The van der Waals surface area contributed by atoms with Crippen molar-refractivity contribution in [1.29, 1.82) is 0 Å². The van der Waals surface area contributed by atoms with Crippen LogP contribution in [0.25, 0.3) is 0 Å². The molecule has 0 aromatic rings. The van der Waals surface area contributed by atoms with Gasteiger partial charge in [-0.25, -0.2) is 4.79 Å². The molecule has 12 nitrogen and oxygen atoms in total. The molecular weight excluding hydrogens is 376 g/mol. The monoisotopic (exact) mass is 404 g/mol. The number of rotatable bonds is 12. The molecule has 0 saturated heterocycles. The fourth-order valence-electron chi connectivity index (χ4n) is 2.03. The van der Waals surface area contributed by atoms with E-state index < -0.39 is 66.9 Å². The van der Waals surface area contributed by atoms with E-state index in [0.29, 0.717) is 6.42 Å². The third-order valence-corrected chi connectivity index (χ3v) is 4.12. The van der Waals surface area contributed by atoms with Crippen molar-refractivity contribution in [3.8, 4) is 0 Å². The van der Waals surface area contributed by atoms with Gasteiger partial charge in [-0.2, -0.15) is 0 Å². The molecule has 5 atom stereocenters. The third-order valence-electron chi connectivity index (χ3n) is 4.12. The summed E-state index contributed by atoms with van der Waals surface area (Å²) in [5.74, 6) is -5.61. The number of aliphatic carboxylic acids is 2. The van der Waals surface area contributed by atoms with E-state index in [9.17, 15) is 24.0 Å². The lowest BCUT2D eigenvalue weighted by molar-refractivity contribution is -0.144. The van der Waals surface area contributed by atoms with Gasteiger partial charge in [0.05, 0.1) is 19.1 Å². The highest BCUT2D eigenvalue weighted by Gasteiger charge is 2.30. The summed E-state index contributed by atoms with van der Waals surface area (Å²) in [5, 5.41) is 33.1. The minimum atomic E-state index is -1.56. The number of hydrogen-bond acceptors (Lipinski definition) is 7. The Morgan fingerprint density at radius 3 is 1.86 bits per heavy atom. The summed E-state index contributed by atoms with van der Waals surface area (Å²) in [6, 6.07) is -5.24. The number of carboxylic acids is 2. The molecule has 0 fully saturated rings. The number of amides is 3. The van der Waals surface area contributed by atoms with E-state index in [4.69, 9.17) is 21.1 Å². The van der Waals surface area contributed by atoms with Gasteiger partial charge < -0.3 is 37.0 Å². The van der Waals surface area contributed by atoms with Crippen LogP contribution in [0.4, 0.5) is 0 Å². The molecule has 0 aromatic heterocycles. The molecule has 28 heavy (non-hydrogen) atoms. The number of carbonyl (C=O) groups excluding carboxylic acids is 3. The topological polar surface area (TPSA) is 208 Å².